The van der Waals surface area contributed by atoms with Crippen LogP contribution in [-0.2, 0) is 6.54 Å². The van der Waals surface area contributed by atoms with Crippen LogP contribution in [0.25, 0.3) is 10.8 Å². The zero-order valence-corrected chi connectivity index (χ0v) is 13.0. The fraction of sp³-hybridized carbons (Fsp3) is 0.474. The zero-order valence-electron chi connectivity index (χ0n) is 13.0. The molecule has 2 unspecified atom stereocenters. The Bertz CT molecular complexity index is 527. The quantitative estimate of drug-likeness (QED) is 0.733. The van der Waals surface area contributed by atoms with E-state index in [1.165, 1.54) is 35.6 Å². The lowest BCUT2D eigenvalue weighted by Gasteiger charge is -2.21. The van der Waals surface area contributed by atoms with E-state index in [4.69, 9.17) is 0 Å². The standard InChI is InChI=1S/C19H27N/c1-4-15(3)13-18(5-2)20-14-17-11-8-10-16-9-6-7-12-19(16)17/h6-12,15,18,20H,4-5,13-14H2,1-3H3. The van der Waals surface area contributed by atoms with E-state index in [1.807, 2.05) is 0 Å². The highest BCUT2D eigenvalue weighted by atomic mass is 14.9. The third-order valence-corrected chi connectivity index (χ3v) is 4.34. The zero-order chi connectivity index (χ0) is 14.4. The van der Waals surface area contributed by atoms with E-state index >= 15 is 0 Å². The van der Waals surface area contributed by atoms with Gasteiger partial charge in [-0.05, 0) is 35.1 Å². The number of fused-ring (bicyclic) bond motifs is 1. The van der Waals surface area contributed by atoms with Gasteiger partial charge in [-0.2, -0.15) is 0 Å². The smallest absolute Gasteiger partial charge is 0.0214 e. The van der Waals surface area contributed by atoms with Crippen LogP contribution in [0.2, 0.25) is 0 Å². The van der Waals surface area contributed by atoms with Gasteiger partial charge < -0.3 is 5.32 Å². The van der Waals surface area contributed by atoms with Crippen LogP contribution in [0.1, 0.15) is 45.6 Å². The van der Waals surface area contributed by atoms with Gasteiger partial charge in [0.15, 0.2) is 0 Å². The second kappa shape index (κ2) is 7.44. The first kappa shape index (κ1) is 15.1. The van der Waals surface area contributed by atoms with E-state index in [-0.39, 0.29) is 0 Å². The van der Waals surface area contributed by atoms with Crippen molar-refractivity contribution in [3.05, 3.63) is 48.0 Å². The molecule has 0 aliphatic carbocycles. The summed E-state index contributed by atoms with van der Waals surface area (Å²) < 4.78 is 0. The summed E-state index contributed by atoms with van der Waals surface area (Å²) in [6.45, 7) is 7.88. The first-order valence-corrected chi connectivity index (χ1v) is 7.94. The van der Waals surface area contributed by atoms with E-state index in [1.54, 1.807) is 0 Å². The molecule has 2 rings (SSSR count). The summed E-state index contributed by atoms with van der Waals surface area (Å²) in [5.74, 6) is 0.806. The summed E-state index contributed by atoms with van der Waals surface area (Å²) >= 11 is 0. The van der Waals surface area contributed by atoms with Gasteiger partial charge in [0.2, 0.25) is 0 Å². The molecule has 2 atom stereocenters. The molecule has 0 spiro atoms. The Balaban J connectivity index is 2.04. The molecule has 2 aromatic carbocycles. The van der Waals surface area contributed by atoms with E-state index < -0.39 is 0 Å². The highest BCUT2D eigenvalue weighted by Crippen LogP contribution is 2.19. The molecule has 1 nitrogen and oxygen atoms in total. The number of benzene rings is 2. The van der Waals surface area contributed by atoms with Crippen LogP contribution in [-0.4, -0.2) is 6.04 Å². The summed E-state index contributed by atoms with van der Waals surface area (Å²) in [6.07, 6.45) is 3.75. The van der Waals surface area contributed by atoms with E-state index in [9.17, 15) is 0 Å². The lowest BCUT2D eigenvalue weighted by atomic mass is 9.97. The lowest BCUT2D eigenvalue weighted by molar-refractivity contribution is 0.384. The van der Waals surface area contributed by atoms with Gasteiger partial charge in [-0.1, -0.05) is 69.7 Å². The third kappa shape index (κ3) is 3.83. The molecule has 108 valence electrons. The van der Waals surface area contributed by atoms with Crippen LogP contribution in [0.15, 0.2) is 42.5 Å². The molecule has 0 fully saturated rings. The van der Waals surface area contributed by atoms with Crippen molar-refractivity contribution >= 4 is 10.8 Å². The van der Waals surface area contributed by atoms with E-state index in [0.29, 0.717) is 6.04 Å². The summed E-state index contributed by atoms with van der Waals surface area (Å²) in [4.78, 5) is 0. The molecule has 0 saturated heterocycles. The maximum Gasteiger partial charge on any atom is 0.0214 e. The van der Waals surface area contributed by atoms with Crippen molar-refractivity contribution in [2.24, 2.45) is 5.92 Å². The maximum absolute atomic E-state index is 3.74. The van der Waals surface area contributed by atoms with Crippen LogP contribution in [0.4, 0.5) is 0 Å². The fourth-order valence-corrected chi connectivity index (χ4v) is 2.75. The van der Waals surface area contributed by atoms with Gasteiger partial charge in [0.1, 0.15) is 0 Å². The summed E-state index contributed by atoms with van der Waals surface area (Å²) in [5, 5.41) is 6.45. The van der Waals surface area contributed by atoms with E-state index in [2.05, 4.69) is 68.6 Å². The van der Waals surface area contributed by atoms with Crippen LogP contribution in [0.5, 0.6) is 0 Å². The SMILES string of the molecule is CCC(C)CC(CC)NCc1cccc2ccccc12. The van der Waals surface area contributed by atoms with Crippen molar-refractivity contribution in [2.75, 3.05) is 0 Å². The predicted molar refractivity (Wildman–Crippen MR) is 88.9 cm³/mol. The Morgan fingerprint density at radius 3 is 2.45 bits per heavy atom. The van der Waals surface area contributed by atoms with Crippen molar-refractivity contribution in [2.45, 2.75) is 52.6 Å². The number of nitrogens with one attached hydrogen (secondary N) is 1. The Labute approximate surface area is 123 Å². The second-order valence-corrected chi connectivity index (χ2v) is 5.87. The minimum absolute atomic E-state index is 0.629. The minimum Gasteiger partial charge on any atom is -0.310 e. The largest absolute Gasteiger partial charge is 0.310 e. The molecule has 0 radical (unpaired) electrons. The predicted octanol–water partition coefficient (Wildman–Crippen LogP) is 5.14. The molecule has 0 saturated carbocycles. The Morgan fingerprint density at radius 1 is 0.950 bits per heavy atom. The van der Waals surface area contributed by atoms with Crippen LogP contribution in [0, 0.1) is 5.92 Å². The topological polar surface area (TPSA) is 12.0 Å². The molecule has 0 aliphatic rings. The van der Waals surface area contributed by atoms with Gasteiger partial charge in [-0.15, -0.1) is 0 Å². The molecule has 2 aromatic rings. The van der Waals surface area contributed by atoms with Crippen molar-refractivity contribution in [3.8, 4) is 0 Å². The summed E-state index contributed by atoms with van der Waals surface area (Å²) in [6, 6.07) is 15.9. The van der Waals surface area contributed by atoms with Crippen molar-refractivity contribution < 1.29 is 0 Å². The van der Waals surface area contributed by atoms with Gasteiger partial charge in [-0.3, -0.25) is 0 Å². The normalized spacial score (nSPS) is 14.3. The van der Waals surface area contributed by atoms with Crippen molar-refractivity contribution in [1.82, 2.24) is 5.32 Å². The highest BCUT2D eigenvalue weighted by molar-refractivity contribution is 5.85. The molecule has 0 aromatic heterocycles. The second-order valence-electron chi connectivity index (χ2n) is 5.87. The molecular weight excluding hydrogens is 242 g/mol. The molecule has 0 bridgehead atoms. The van der Waals surface area contributed by atoms with Gasteiger partial charge in [-0.25, -0.2) is 0 Å². The molecule has 1 heteroatoms. The van der Waals surface area contributed by atoms with Crippen LogP contribution < -0.4 is 5.32 Å². The summed E-state index contributed by atoms with van der Waals surface area (Å²) in [7, 11) is 0. The average Bonchev–Trinajstić information content (AvgIpc) is 2.51. The van der Waals surface area contributed by atoms with Gasteiger partial charge in [0.25, 0.3) is 0 Å². The molecule has 0 heterocycles. The molecule has 1 N–H and O–H groups in total. The number of rotatable bonds is 7. The first-order chi connectivity index (χ1) is 9.74. The Morgan fingerprint density at radius 2 is 1.70 bits per heavy atom. The molecule has 0 amide bonds. The van der Waals surface area contributed by atoms with Crippen LogP contribution in [0.3, 0.4) is 0 Å². The molecular formula is C19H27N. The Hall–Kier alpha value is -1.34. The minimum atomic E-state index is 0.629. The van der Waals surface area contributed by atoms with E-state index in [0.717, 1.165) is 12.5 Å². The highest BCUT2D eigenvalue weighted by Gasteiger charge is 2.10. The van der Waals surface area contributed by atoms with Gasteiger partial charge in [0, 0.05) is 12.6 Å². The van der Waals surface area contributed by atoms with Gasteiger partial charge >= 0.3 is 0 Å². The molecule has 0 aliphatic heterocycles. The van der Waals surface area contributed by atoms with Crippen LogP contribution >= 0.6 is 0 Å². The van der Waals surface area contributed by atoms with Crippen molar-refractivity contribution in [3.63, 3.8) is 0 Å². The molecule has 20 heavy (non-hydrogen) atoms. The van der Waals surface area contributed by atoms with Crippen molar-refractivity contribution in [1.29, 1.82) is 0 Å². The Kier molecular flexibility index (Phi) is 5.60. The van der Waals surface area contributed by atoms with Gasteiger partial charge in [0.05, 0.1) is 0 Å². The first-order valence-electron chi connectivity index (χ1n) is 7.94. The fourth-order valence-electron chi connectivity index (χ4n) is 2.75. The number of hydrogen-bond acceptors (Lipinski definition) is 1. The monoisotopic (exact) mass is 269 g/mol. The maximum atomic E-state index is 3.74. The number of hydrogen-bond donors (Lipinski definition) is 1. The average molecular weight is 269 g/mol. The lowest BCUT2D eigenvalue weighted by Crippen LogP contribution is -2.29. The summed E-state index contributed by atoms with van der Waals surface area (Å²) in [5.41, 5.74) is 1.41. The third-order valence-electron chi connectivity index (χ3n) is 4.34.